The van der Waals surface area contributed by atoms with E-state index >= 15 is 0 Å². The number of aromatic nitrogens is 3. The maximum absolute atomic E-state index is 5.08. The summed E-state index contributed by atoms with van der Waals surface area (Å²) in [7, 11) is 0. The van der Waals surface area contributed by atoms with E-state index in [1.54, 1.807) is 0 Å². The minimum atomic E-state index is 0.630. The summed E-state index contributed by atoms with van der Waals surface area (Å²) in [5, 5.41) is 5.28. The first-order chi connectivity index (χ1) is 12.7. The van der Waals surface area contributed by atoms with Gasteiger partial charge in [-0.2, -0.15) is 4.98 Å². The Kier molecular flexibility index (Phi) is 4.59. The molecular weight excluding hydrogens is 326 g/mol. The normalized spacial score (nSPS) is 15.7. The lowest BCUT2D eigenvalue weighted by molar-refractivity contribution is 0.240. The van der Waals surface area contributed by atoms with Crippen molar-refractivity contribution in [3.63, 3.8) is 0 Å². The third kappa shape index (κ3) is 3.17. The van der Waals surface area contributed by atoms with E-state index in [1.165, 1.54) is 16.6 Å². The summed E-state index contributed by atoms with van der Waals surface area (Å²) in [6.07, 6.45) is 1.00. The largest absolute Gasteiger partial charge is 0.368 e. The number of rotatable bonds is 4. The molecule has 1 aromatic carbocycles. The van der Waals surface area contributed by atoms with E-state index in [4.69, 9.17) is 9.51 Å². The highest BCUT2D eigenvalue weighted by Crippen LogP contribution is 2.32. The molecule has 3 heterocycles. The van der Waals surface area contributed by atoms with Gasteiger partial charge in [0, 0.05) is 44.2 Å². The molecule has 0 unspecified atom stereocenters. The molecule has 1 saturated heterocycles. The van der Waals surface area contributed by atoms with Crippen molar-refractivity contribution in [3.05, 3.63) is 47.2 Å². The quantitative estimate of drug-likeness (QED) is 0.720. The van der Waals surface area contributed by atoms with Gasteiger partial charge in [-0.05, 0) is 25.0 Å². The van der Waals surface area contributed by atoms with Crippen LogP contribution in [0.2, 0.25) is 0 Å². The SMILES string of the molecule is CCc1c(C)nc2ccccc2c1N1CCN(Cc2noc(C)n2)CC1. The van der Waals surface area contributed by atoms with Crippen LogP contribution in [0.1, 0.15) is 29.9 Å². The van der Waals surface area contributed by atoms with Crippen LogP contribution >= 0.6 is 0 Å². The number of anilines is 1. The molecule has 0 saturated carbocycles. The van der Waals surface area contributed by atoms with Crippen LogP contribution in [0.5, 0.6) is 0 Å². The van der Waals surface area contributed by atoms with Gasteiger partial charge in [0.05, 0.1) is 17.7 Å². The standard InChI is InChI=1S/C20H25N5O/c1-4-16-14(2)21-18-8-6-5-7-17(18)20(16)25-11-9-24(10-12-25)13-19-22-15(3)26-23-19/h5-8H,4,9-13H2,1-3H3. The second-order valence-electron chi connectivity index (χ2n) is 6.89. The number of hydrogen-bond acceptors (Lipinski definition) is 6. The molecule has 0 aliphatic carbocycles. The third-order valence-electron chi connectivity index (χ3n) is 5.15. The monoisotopic (exact) mass is 351 g/mol. The predicted molar refractivity (Wildman–Crippen MR) is 102 cm³/mol. The smallest absolute Gasteiger partial charge is 0.223 e. The zero-order chi connectivity index (χ0) is 18.1. The maximum atomic E-state index is 5.08. The maximum Gasteiger partial charge on any atom is 0.223 e. The number of hydrogen-bond donors (Lipinski definition) is 0. The number of pyridine rings is 1. The van der Waals surface area contributed by atoms with Crippen molar-refractivity contribution in [2.45, 2.75) is 33.7 Å². The molecule has 6 nitrogen and oxygen atoms in total. The van der Waals surface area contributed by atoms with E-state index in [0.29, 0.717) is 5.89 Å². The fraction of sp³-hybridized carbons (Fsp3) is 0.450. The zero-order valence-corrected chi connectivity index (χ0v) is 15.7. The van der Waals surface area contributed by atoms with E-state index in [9.17, 15) is 0 Å². The van der Waals surface area contributed by atoms with E-state index in [0.717, 1.165) is 56.2 Å². The van der Waals surface area contributed by atoms with Gasteiger partial charge in [-0.15, -0.1) is 0 Å². The first kappa shape index (κ1) is 17.0. The molecule has 0 atom stereocenters. The van der Waals surface area contributed by atoms with Crippen LogP contribution in [0.4, 0.5) is 5.69 Å². The van der Waals surface area contributed by atoms with Gasteiger partial charge in [0.2, 0.25) is 5.89 Å². The molecule has 3 aromatic rings. The molecule has 136 valence electrons. The average Bonchev–Trinajstić information content (AvgIpc) is 3.06. The van der Waals surface area contributed by atoms with E-state index in [2.05, 4.69) is 58.1 Å². The van der Waals surface area contributed by atoms with E-state index < -0.39 is 0 Å². The predicted octanol–water partition coefficient (Wildman–Crippen LogP) is 3.12. The van der Waals surface area contributed by atoms with Crippen LogP contribution < -0.4 is 4.90 Å². The molecule has 26 heavy (non-hydrogen) atoms. The van der Waals surface area contributed by atoms with Crippen molar-refractivity contribution >= 4 is 16.6 Å². The third-order valence-corrected chi connectivity index (χ3v) is 5.15. The van der Waals surface area contributed by atoms with E-state index in [1.807, 2.05) is 6.92 Å². The molecule has 4 rings (SSSR count). The van der Waals surface area contributed by atoms with Crippen molar-refractivity contribution in [1.82, 2.24) is 20.0 Å². The zero-order valence-electron chi connectivity index (χ0n) is 15.7. The summed E-state index contributed by atoms with van der Waals surface area (Å²) in [6.45, 7) is 10.9. The minimum Gasteiger partial charge on any atom is -0.368 e. The number of piperazine rings is 1. The Morgan fingerprint density at radius 2 is 1.81 bits per heavy atom. The van der Waals surface area contributed by atoms with Gasteiger partial charge in [0.15, 0.2) is 5.82 Å². The Labute approximate surface area is 153 Å². The Morgan fingerprint density at radius 3 is 2.50 bits per heavy atom. The number of benzene rings is 1. The van der Waals surface area contributed by atoms with Crippen LogP contribution in [0.3, 0.4) is 0 Å². The molecule has 2 aromatic heterocycles. The number of para-hydroxylation sites is 1. The van der Waals surface area contributed by atoms with Crippen molar-refractivity contribution < 1.29 is 4.52 Å². The fourth-order valence-corrected chi connectivity index (χ4v) is 3.87. The fourth-order valence-electron chi connectivity index (χ4n) is 3.87. The lowest BCUT2D eigenvalue weighted by Gasteiger charge is -2.37. The van der Waals surface area contributed by atoms with Crippen molar-refractivity contribution in [2.24, 2.45) is 0 Å². The highest BCUT2D eigenvalue weighted by molar-refractivity contribution is 5.94. The molecule has 1 aliphatic rings. The molecule has 1 fully saturated rings. The van der Waals surface area contributed by atoms with Crippen LogP contribution in [0.15, 0.2) is 28.8 Å². The molecule has 0 N–H and O–H groups in total. The van der Waals surface area contributed by atoms with Gasteiger partial charge in [-0.3, -0.25) is 9.88 Å². The molecule has 6 heteroatoms. The van der Waals surface area contributed by atoms with Gasteiger partial charge < -0.3 is 9.42 Å². The molecule has 0 spiro atoms. The van der Waals surface area contributed by atoms with Crippen LogP contribution in [0.25, 0.3) is 10.9 Å². The van der Waals surface area contributed by atoms with Gasteiger partial charge in [-0.25, -0.2) is 0 Å². The van der Waals surface area contributed by atoms with Crippen LogP contribution in [-0.2, 0) is 13.0 Å². The Balaban J connectivity index is 1.57. The first-order valence-electron chi connectivity index (χ1n) is 9.30. The second-order valence-corrected chi connectivity index (χ2v) is 6.89. The van der Waals surface area contributed by atoms with Crippen LogP contribution in [0, 0.1) is 13.8 Å². The lowest BCUT2D eigenvalue weighted by atomic mass is 10.0. The lowest BCUT2D eigenvalue weighted by Crippen LogP contribution is -2.46. The summed E-state index contributed by atoms with van der Waals surface area (Å²) in [5.41, 5.74) is 4.96. The number of aryl methyl sites for hydroxylation is 2. The summed E-state index contributed by atoms with van der Waals surface area (Å²) in [5.74, 6) is 1.40. The first-order valence-corrected chi connectivity index (χ1v) is 9.30. The van der Waals surface area contributed by atoms with E-state index in [-0.39, 0.29) is 0 Å². The number of nitrogens with zero attached hydrogens (tertiary/aromatic N) is 5. The Bertz CT molecular complexity index is 912. The van der Waals surface area contributed by atoms with Crippen molar-refractivity contribution in [1.29, 1.82) is 0 Å². The summed E-state index contributed by atoms with van der Waals surface area (Å²) in [6, 6.07) is 8.48. The van der Waals surface area contributed by atoms with Crippen molar-refractivity contribution in [3.8, 4) is 0 Å². The molecule has 1 aliphatic heterocycles. The molecule has 0 amide bonds. The number of fused-ring (bicyclic) bond motifs is 1. The van der Waals surface area contributed by atoms with Crippen molar-refractivity contribution in [2.75, 3.05) is 31.1 Å². The highest BCUT2D eigenvalue weighted by Gasteiger charge is 2.23. The second kappa shape index (κ2) is 7.03. The Hall–Kier alpha value is -2.47. The Morgan fingerprint density at radius 1 is 1.04 bits per heavy atom. The summed E-state index contributed by atoms with van der Waals surface area (Å²) >= 11 is 0. The topological polar surface area (TPSA) is 58.3 Å². The minimum absolute atomic E-state index is 0.630. The van der Waals surface area contributed by atoms with Crippen LogP contribution in [-0.4, -0.2) is 46.2 Å². The molecule has 0 bridgehead atoms. The van der Waals surface area contributed by atoms with Gasteiger partial charge >= 0.3 is 0 Å². The van der Waals surface area contributed by atoms with Gasteiger partial charge in [-0.1, -0.05) is 30.3 Å². The average molecular weight is 351 g/mol. The van der Waals surface area contributed by atoms with Gasteiger partial charge in [0.1, 0.15) is 0 Å². The summed E-state index contributed by atoms with van der Waals surface area (Å²) in [4.78, 5) is 14.0. The molecular formula is C20H25N5O. The summed E-state index contributed by atoms with van der Waals surface area (Å²) < 4.78 is 5.08. The molecule has 0 radical (unpaired) electrons. The van der Waals surface area contributed by atoms with Gasteiger partial charge in [0.25, 0.3) is 0 Å². The highest BCUT2D eigenvalue weighted by atomic mass is 16.5.